The lowest BCUT2D eigenvalue weighted by Crippen LogP contribution is -2.36. The zero-order chi connectivity index (χ0) is 15.8. The molecule has 0 aromatic heterocycles. The Labute approximate surface area is 130 Å². The van der Waals surface area contributed by atoms with Crippen molar-refractivity contribution in [2.45, 2.75) is 26.1 Å². The monoisotopic (exact) mass is 300 g/mol. The molecule has 0 aliphatic rings. The van der Waals surface area contributed by atoms with Gasteiger partial charge in [-0.25, -0.2) is 4.79 Å². The van der Waals surface area contributed by atoms with Crippen LogP contribution in [-0.2, 0) is 15.3 Å². The molecule has 0 heterocycles. The number of rotatable bonds is 6. The largest absolute Gasteiger partial charge is 0.516 e. The lowest BCUT2D eigenvalue weighted by atomic mass is 10.0. The molecule has 2 aromatic carbocycles. The number of para-hydroxylation sites is 1. The van der Waals surface area contributed by atoms with E-state index in [0.29, 0.717) is 18.8 Å². The van der Waals surface area contributed by atoms with Crippen molar-refractivity contribution in [2.24, 2.45) is 0 Å². The summed E-state index contributed by atoms with van der Waals surface area (Å²) in [5.74, 6) is -0.705. The van der Waals surface area contributed by atoms with Gasteiger partial charge in [0.15, 0.2) is 0 Å². The van der Waals surface area contributed by atoms with Crippen LogP contribution in [0, 0.1) is 0 Å². The standard InChI is InChI=1S/C18H20O4/c1-3-18(20-4-2,15-11-7-5-8-12-15)22-17(19)21-16-13-9-6-10-14-16/h5-14H,3-4H2,1-2H3. The summed E-state index contributed by atoms with van der Waals surface area (Å²) < 4.78 is 16.5. The van der Waals surface area contributed by atoms with E-state index in [9.17, 15) is 4.79 Å². The summed E-state index contributed by atoms with van der Waals surface area (Å²) in [5, 5.41) is 0. The highest BCUT2D eigenvalue weighted by molar-refractivity contribution is 5.64. The fourth-order valence-electron chi connectivity index (χ4n) is 2.22. The van der Waals surface area contributed by atoms with Crippen molar-refractivity contribution in [3.63, 3.8) is 0 Å². The summed E-state index contributed by atoms with van der Waals surface area (Å²) in [7, 11) is 0. The van der Waals surface area contributed by atoms with Gasteiger partial charge in [-0.2, -0.15) is 0 Å². The Morgan fingerprint density at radius 3 is 2.09 bits per heavy atom. The predicted octanol–water partition coefficient (Wildman–Crippen LogP) is 4.50. The Balaban J connectivity index is 2.18. The van der Waals surface area contributed by atoms with Gasteiger partial charge in [0.25, 0.3) is 0 Å². The first-order valence-electron chi connectivity index (χ1n) is 7.35. The first-order chi connectivity index (χ1) is 10.7. The van der Waals surface area contributed by atoms with Crippen molar-refractivity contribution in [1.29, 1.82) is 0 Å². The summed E-state index contributed by atoms with van der Waals surface area (Å²) in [4.78, 5) is 12.1. The Bertz CT molecular complexity index is 583. The minimum Gasteiger partial charge on any atom is -0.397 e. The molecule has 22 heavy (non-hydrogen) atoms. The van der Waals surface area contributed by atoms with Gasteiger partial charge >= 0.3 is 6.16 Å². The first kappa shape index (κ1) is 16.0. The van der Waals surface area contributed by atoms with Crippen LogP contribution in [0.1, 0.15) is 25.8 Å². The van der Waals surface area contributed by atoms with Gasteiger partial charge in [-0.1, -0.05) is 55.5 Å². The first-order valence-corrected chi connectivity index (χ1v) is 7.35. The third-order valence-electron chi connectivity index (χ3n) is 3.25. The Morgan fingerprint density at radius 1 is 0.955 bits per heavy atom. The topological polar surface area (TPSA) is 44.8 Å². The molecule has 0 N–H and O–H groups in total. The van der Waals surface area contributed by atoms with Crippen LogP contribution in [0.4, 0.5) is 4.79 Å². The molecule has 0 spiro atoms. The van der Waals surface area contributed by atoms with Gasteiger partial charge in [-0.05, 0) is 19.1 Å². The van der Waals surface area contributed by atoms with E-state index in [1.165, 1.54) is 0 Å². The van der Waals surface area contributed by atoms with Crippen molar-refractivity contribution in [3.05, 3.63) is 66.2 Å². The SMILES string of the molecule is CCOC(CC)(OC(=O)Oc1ccccc1)c1ccccc1. The predicted molar refractivity (Wildman–Crippen MR) is 83.6 cm³/mol. The fourth-order valence-corrected chi connectivity index (χ4v) is 2.22. The summed E-state index contributed by atoms with van der Waals surface area (Å²) in [6, 6.07) is 18.2. The molecule has 0 aliphatic carbocycles. The smallest absolute Gasteiger partial charge is 0.397 e. The Morgan fingerprint density at radius 2 is 1.55 bits per heavy atom. The van der Waals surface area contributed by atoms with Crippen LogP contribution in [0.15, 0.2) is 60.7 Å². The molecule has 4 nitrogen and oxygen atoms in total. The van der Waals surface area contributed by atoms with E-state index < -0.39 is 11.9 Å². The summed E-state index contributed by atoms with van der Waals surface area (Å²) in [6.07, 6.45) is -0.306. The molecule has 116 valence electrons. The highest BCUT2D eigenvalue weighted by atomic mass is 16.8. The average Bonchev–Trinajstić information content (AvgIpc) is 2.56. The summed E-state index contributed by atoms with van der Waals surface area (Å²) in [5.41, 5.74) is 0.782. The molecular weight excluding hydrogens is 280 g/mol. The minimum absolute atomic E-state index is 0.418. The summed E-state index contributed by atoms with van der Waals surface area (Å²) >= 11 is 0. The Kier molecular flexibility index (Phi) is 5.55. The van der Waals surface area contributed by atoms with Crippen molar-refractivity contribution in [3.8, 4) is 5.75 Å². The van der Waals surface area contributed by atoms with E-state index in [4.69, 9.17) is 14.2 Å². The van der Waals surface area contributed by atoms with Gasteiger partial charge in [0, 0.05) is 18.6 Å². The molecule has 0 saturated heterocycles. The van der Waals surface area contributed by atoms with Crippen LogP contribution in [0.3, 0.4) is 0 Å². The third kappa shape index (κ3) is 3.86. The van der Waals surface area contributed by atoms with Gasteiger partial charge in [-0.15, -0.1) is 0 Å². The van der Waals surface area contributed by atoms with Crippen LogP contribution >= 0.6 is 0 Å². The zero-order valence-electron chi connectivity index (χ0n) is 12.8. The molecule has 0 radical (unpaired) electrons. The average molecular weight is 300 g/mol. The van der Waals surface area contributed by atoms with Crippen molar-refractivity contribution >= 4 is 6.16 Å². The molecule has 0 fully saturated rings. The fraction of sp³-hybridized carbons (Fsp3) is 0.278. The van der Waals surface area contributed by atoms with Crippen molar-refractivity contribution < 1.29 is 19.0 Å². The van der Waals surface area contributed by atoms with Gasteiger partial charge in [0.2, 0.25) is 5.79 Å². The number of carbonyl (C=O) groups excluding carboxylic acids is 1. The van der Waals surface area contributed by atoms with E-state index >= 15 is 0 Å². The lowest BCUT2D eigenvalue weighted by molar-refractivity contribution is -0.217. The summed E-state index contributed by atoms with van der Waals surface area (Å²) in [6.45, 7) is 4.18. The van der Waals surface area contributed by atoms with E-state index in [1.807, 2.05) is 50.2 Å². The maximum absolute atomic E-state index is 12.1. The zero-order valence-corrected chi connectivity index (χ0v) is 12.8. The van der Waals surface area contributed by atoms with E-state index in [1.54, 1.807) is 24.3 Å². The highest BCUT2D eigenvalue weighted by Gasteiger charge is 2.36. The molecular formula is C18H20O4. The van der Waals surface area contributed by atoms with E-state index in [-0.39, 0.29) is 0 Å². The second-order valence-corrected chi connectivity index (χ2v) is 4.67. The van der Waals surface area contributed by atoms with Crippen LogP contribution in [-0.4, -0.2) is 12.8 Å². The molecule has 2 aromatic rings. The number of benzene rings is 2. The molecule has 1 unspecified atom stereocenters. The quantitative estimate of drug-likeness (QED) is 0.447. The number of hydrogen-bond acceptors (Lipinski definition) is 4. The normalized spacial score (nSPS) is 13.2. The lowest BCUT2D eigenvalue weighted by Gasteiger charge is -2.31. The van der Waals surface area contributed by atoms with Crippen molar-refractivity contribution in [2.75, 3.05) is 6.61 Å². The van der Waals surface area contributed by atoms with E-state index in [0.717, 1.165) is 5.56 Å². The Hall–Kier alpha value is -2.33. The molecule has 4 heteroatoms. The molecule has 0 saturated carbocycles. The number of carbonyl (C=O) groups is 1. The van der Waals surface area contributed by atoms with Gasteiger partial charge in [0.05, 0.1) is 0 Å². The van der Waals surface area contributed by atoms with Crippen LogP contribution in [0.25, 0.3) is 0 Å². The maximum Gasteiger partial charge on any atom is 0.516 e. The molecule has 2 rings (SSSR count). The number of ether oxygens (including phenoxy) is 3. The highest BCUT2D eigenvalue weighted by Crippen LogP contribution is 2.31. The molecule has 0 bridgehead atoms. The second kappa shape index (κ2) is 7.61. The van der Waals surface area contributed by atoms with Crippen LogP contribution in [0.2, 0.25) is 0 Å². The van der Waals surface area contributed by atoms with Gasteiger partial charge in [-0.3, -0.25) is 0 Å². The molecule has 0 amide bonds. The van der Waals surface area contributed by atoms with Crippen LogP contribution in [0.5, 0.6) is 5.75 Å². The maximum atomic E-state index is 12.1. The van der Waals surface area contributed by atoms with Crippen molar-refractivity contribution in [1.82, 2.24) is 0 Å². The van der Waals surface area contributed by atoms with Gasteiger partial charge < -0.3 is 14.2 Å². The van der Waals surface area contributed by atoms with Gasteiger partial charge in [0.1, 0.15) is 5.75 Å². The molecule has 0 aliphatic heterocycles. The molecule has 1 atom stereocenters. The van der Waals surface area contributed by atoms with E-state index in [2.05, 4.69) is 0 Å². The number of hydrogen-bond donors (Lipinski definition) is 0. The minimum atomic E-state index is -1.14. The third-order valence-corrected chi connectivity index (χ3v) is 3.25. The van der Waals surface area contributed by atoms with Crippen LogP contribution < -0.4 is 4.74 Å². The second-order valence-electron chi connectivity index (χ2n) is 4.67.